The number of nitrogens with zero attached hydrogens (tertiary/aromatic N) is 3. The van der Waals surface area contributed by atoms with Crippen LogP contribution in [0.3, 0.4) is 0 Å². The standard InChI is InChI=1S/C11H13N3O2S2/c1-7(10(15)16-3)18-11-13-12-9(14(11)2)8-5-4-6-17-8/h4-7H,1-3H3. The second-order valence-corrected chi connectivity index (χ2v) is 5.88. The van der Waals surface area contributed by atoms with Crippen molar-refractivity contribution in [3.05, 3.63) is 17.5 Å². The number of methoxy groups -OCH3 is 1. The van der Waals surface area contributed by atoms with E-state index in [2.05, 4.69) is 14.9 Å². The molecule has 0 aliphatic heterocycles. The fourth-order valence-corrected chi connectivity index (χ4v) is 3.00. The third-order valence-corrected chi connectivity index (χ3v) is 4.37. The fraction of sp³-hybridized carbons (Fsp3) is 0.364. The molecule has 0 aromatic carbocycles. The molecular weight excluding hydrogens is 270 g/mol. The summed E-state index contributed by atoms with van der Waals surface area (Å²) >= 11 is 2.95. The minimum absolute atomic E-state index is 0.263. The predicted octanol–water partition coefficient (Wildman–Crippen LogP) is 2.20. The van der Waals surface area contributed by atoms with Crippen LogP contribution in [0.25, 0.3) is 10.7 Å². The molecule has 1 unspecified atom stereocenters. The van der Waals surface area contributed by atoms with Crippen LogP contribution < -0.4 is 0 Å². The first-order valence-electron chi connectivity index (χ1n) is 5.31. The van der Waals surface area contributed by atoms with Gasteiger partial charge in [-0.05, 0) is 18.4 Å². The largest absolute Gasteiger partial charge is 0.468 e. The highest BCUT2D eigenvalue weighted by Crippen LogP contribution is 2.28. The van der Waals surface area contributed by atoms with Crippen LogP contribution in [0.4, 0.5) is 0 Å². The lowest BCUT2D eigenvalue weighted by atomic mass is 10.4. The van der Waals surface area contributed by atoms with Gasteiger partial charge in [-0.1, -0.05) is 17.8 Å². The summed E-state index contributed by atoms with van der Waals surface area (Å²) in [6, 6.07) is 3.96. The number of thiophene rings is 1. The van der Waals surface area contributed by atoms with Crippen LogP contribution in [0, 0.1) is 0 Å². The monoisotopic (exact) mass is 283 g/mol. The predicted molar refractivity (Wildman–Crippen MR) is 71.7 cm³/mol. The zero-order valence-corrected chi connectivity index (χ0v) is 11.9. The number of esters is 1. The van der Waals surface area contributed by atoms with E-state index in [9.17, 15) is 4.79 Å². The Morgan fingerprint density at radius 1 is 1.56 bits per heavy atom. The molecule has 0 bridgehead atoms. The molecule has 0 saturated carbocycles. The average Bonchev–Trinajstić information content (AvgIpc) is 2.99. The van der Waals surface area contributed by atoms with Crippen LogP contribution in [0.2, 0.25) is 0 Å². The van der Waals surface area contributed by atoms with E-state index in [0.717, 1.165) is 10.7 Å². The summed E-state index contributed by atoms with van der Waals surface area (Å²) in [7, 11) is 3.27. The van der Waals surface area contributed by atoms with E-state index in [1.165, 1.54) is 18.9 Å². The molecule has 2 heterocycles. The Morgan fingerprint density at radius 3 is 2.94 bits per heavy atom. The van der Waals surface area contributed by atoms with Crippen molar-refractivity contribution in [2.24, 2.45) is 7.05 Å². The molecule has 0 radical (unpaired) electrons. The van der Waals surface area contributed by atoms with Crippen molar-refractivity contribution in [1.29, 1.82) is 0 Å². The molecule has 2 aromatic rings. The molecule has 2 rings (SSSR count). The first-order valence-corrected chi connectivity index (χ1v) is 7.07. The van der Waals surface area contributed by atoms with Crippen LogP contribution in [-0.2, 0) is 16.6 Å². The molecule has 96 valence electrons. The van der Waals surface area contributed by atoms with Gasteiger partial charge in [0.15, 0.2) is 11.0 Å². The van der Waals surface area contributed by atoms with Gasteiger partial charge in [0.1, 0.15) is 5.25 Å². The molecule has 0 aliphatic carbocycles. The highest BCUT2D eigenvalue weighted by Gasteiger charge is 2.19. The number of hydrogen-bond donors (Lipinski definition) is 0. The van der Waals surface area contributed by atoms with Gasteiger partial charge in [0.25, 0.3) is 0 Å². The normalized spacial score (nSPS) is 12.4. The zero-order chi connectivity index (χ0) is 13.1. The summed E-state index contributed by atoms with van der Waals surface area (Å²) in [6.45, 7) is 1.79. The fourth-order valence-electron chi connectivity index (χ4n) is 1.41. The summed E-state index contributed by atoms with van der Waals surface area (Å²) in [5.74, 6) is 0.547. The summed E-state index contributed by atoms with van der Waals surface area (Å²) < 4.78 is 6.57. The van der Waals surface area contributed by atoms with Gasteiger partial charge in [-0.15, -0.1) is 21.5 Å². The van der Waals surface area contributed by atoms with Crippen molar-refractivity contribution < 1.29 is 9.53 Å². The van der Waals surface area contributed by atoms with Gasteiger partial charge in [0.05, 0.1) is 12.0 Å². The van der Waals surface area contributed by atoms with Crippen molar-refractivity contribution in [2.45, 2.75) is 17.3 Å². The molecule has 7 heteroatoms. The van der Waals surface area contributed by atoms with Crippen molar-refractivity contribution in [3.63, 3.8) is 0 Å². The summed E-state index contributed by atoms with van der Waals surface area (Å²) in [5.41, 5.74) is 0. The summed E-state index contributed by atoms with van der Waals surface area (Å²) in [4.78, 5) is 12.4. The third-order valence-electron chi connectivity index (χ3n) is 2.39. The van der Waals surface area contributed by atoms with Crippen LogP contribution >= 0.6 is 23.1 Å². The lowest BCUT2D eigenvalue weighted by Crippen LogP contribution is -2.15. The van der Waals surface area contributed by atoms with E-state index in [1.807, 2.05) is 29.1 Å². The number of thioether (sulfide) groups is 1. The molecular formula is C11H13N3O2S2. The Kier molecular flexibility index (Phi) is 4.03. The molecule has 0 saturated heterocycles. The number of ether oxygens (including phenoxy) is 1. The first kappa shape index (κ1) is 13.1. The van der Waals surface area contributed by atoms with Crippen LogP contribution in [0.15, 0.2) is 22.7 Å². The van der Waals surface area contributed by atoms with Gasteiger partial charge in [-0.25, -0.2) is 0 Å². The van der Waals surface area contributed by atoms with Crippen molar-refractivity contribution in [1.82, 2.24) is 14.8 Å². The second kappa shape index (κ2) is 5.53. The lowest BCUT2D eigenvalue weighted by Gasteiger charge is -2.07. The minimum Gasteiger partial charge on any atom is -0.468 e. The van der Waals surface area contributed by atoms with Gasteiger partial charge in [0.2, 0.25) is 0 Å². The molecule has 2 aromatic heterocycles. The number of hydrogen-bond acceptors (Lipinski definition) is 6. The first-order chi connectivity index (χ1) is 8.63. The SMILES string of the molecule is COC(=O)C(C)Sc1nnc(-c2cccs2)n1C. The number of aromatic nitrogens is 3. The van der Waals surface area contributed by atoms with E-state index >= 15 is 0 Å². The molecule has 0 spiro atoms. The van der Waals surface area contributed by atoms with E-state index in [-0.39, 0.29) is 11.2 Å². The molecule has 18 heavy (non-hydrogen) atoms. The number of carbonyl (C=O) groups is 1. The number of carbonyl (C=O) groups excluding carboxylic acids is 1. The van der Waals surface area contributed by atoms with Crippen molar-refractivity contribution in [3.8, 4) is 10.7 Å². The third kappa shape index (κ3) is 2.56. The van der Waals surface area contributed by atoms with Crippen molar-refractivity contribution in [2.75, 3.05) is 7.11 Å². The Bertz CT molecular complexity index is 536. The number of rotatable bonds is 4. The lowest BCUT2D eigenvalue weighted by molar-refractivity contribution is -0.139. The van der Waals surface area contributed by atoms with Gasteiger partial charge >= 0.3 is 5.97 Å². The van der Waals surface area contributed by atoms with E-state index < -0.39 is 0 Å². The van der Waals surface area contributed by atoms with Gasteiger partial charge < -0.3 is 9.30 Å². The molecule has 0 N–H and O–H groups in total. The van der Waals surface area contributed by atoms with Gasteiger partial charge in [-0.2, -0.15) is 0 Å². The molecule has 5 nitrogen and oxygen atoms in total. The average molecular weight is 283 g/mol. The van der Waals surface area contributed by atoms with Gasteiger partial charge in [-0.3, -0.25) is 4.79 Å². The van der Waals surface area contributed by atoms with Crippen molar-refractivity contribution >= 4 is 29.1 Å². The minimum atomic E-state index is -0.297. The quantitative estimate of drug-likeness (QED) is 0.636. The van der Waals surface area contributed by atoms with E-state index in [1.54, 1.807) is 18.3 Å². The zero-order valence-electron chi connectivity index (χ0n) is 10.3. The maximum absolute atomic E-state index is 11.4. The van der Waals surface area contributed by atoms with E-state index in [0.29, 0.717) is 5.16 Å². The maximum Gasteiger partial charge on any atom is 0.318 e. The molecule has 0 amide bonds. The summed E-state index contributed by atoms with van der Waals surface area (Å²) in [6.07, 6.45) is 0. The second-order valence-electron chi connectivity index (χ2n) is 3.63. The Balaban J connectivity index is 2.19. The topological polar surface area (TPSA) is 57.0 Å². The van der Waals surface area contributed by atoms with Crippen LogP contribution in [0.1, 0.15) is 6.92 Å². The highest BCUT2D eigenvalue weighted by atomic mass is 32.2. The van der Waals surface area contributed by atoms with Crippen LogP contribution in [0.5, 0.6) is 0 Å². The highest BCUT2D eigenvalue weighted by molar-refractivity contribution is 8.00. The Hall–Kier alpha value is -1.34. The Labute approximate surface area is 113 Å². The van der Waals surface area contributed by atoms with Crippen LogP contribution in [-0.4, -0.2) is 33.1 Å². The van der Waals surface area contributed by atoms with E-state index in [4.69, 9.17) is 0 Å². The summed E-state index contributed by atoms with van der Waals surface area (Å²) in [5, 5.41) is 10.7. The molecule has 1 atom stereocenters. The molecule has 0 aliphatic rings. The maximum atomic E-state index is 11.4. The Morgan fingerprint density at radius 2 is 2.33 bits per heavy atom. The smallest absolute Gasteiger partial charge is 0.318 e. The molecule has 0 fully saturated rings. The van der Waals surface area contributed by atoms with Gasteiger partial charge in [0, 0.05) is 7.05 Å².